The van der Waals surface area contributed by atoms with Crippen molar-refractivity contribution in [3.8, 4) is 0 Å². The van der Waals surface area contributed by atoms with Gasteiger partial charge in [0.1, 0.15) is 0 Å². The molecule has 0 saturated heterocycles. The van der Waals surface area contributed by atoms with Crippen molar-refractivity contribution in [2.75, 3.05) is 0 Å². The smallest absolute Gasteiger partial charge is 0.0662 e. The highest BCUT2D eigenvalue weighted by molar-refractivity contribution is 4.66. The summed E-state index contributed by atoms with van der Waals surface area (Å²) in [4.78, 5) is 0. The molecule has 0 aliphatic rings. The number of aliphatic hydroxyl groups is 1. The number of rotatable bonds is 6. The van der Waals surface area contributed by atoms with Crippen LogP contribution in [0.5, 0.6) is 0 Å². The number of hydrogen-bond donors (Lipinski definition) is 2. The number of hydrogen-bond acceptors (Lipinski definition) is 2. The molecule has 0 unspecified atom stereocenters. The first-order valence-corrected chi connectivity index (χ1v) is 4.62. The van der Waals surface area contributed by atoms with Gasteiger partial charge in [0.2, 0.25) is 0 Å². The van der Waals surface area contributed by atoms with Gasteiger partial charge in [-0.15, -0.1) is 0 Å². The minimum atomic E-state index is -0.350. The van der Waals surface area contributed by atoms with E-state index in [1.807, 2.05) is 0 Å². The van der Waals surface area contributed by atoms with E-state index in [0.29, 0.717) is 0 Å². The molecule has 0 aliphatic carbocycles. The van der Waals surface area contributed by atoms with Gasteiger partial charge in [-0.3, -0.25) is 0 Å². The third kappa shape index (κ3) is 6.32. The van der Waals surface area contributed by atoms with Crippen molar-refractivity contribution >= 4 is 0 Å². The molecular weight excluding hydrogens is 138 g/mol. The molecule has 0 amide bonds. The second-order valence-electron chi connectivity index (χ2n) is 3.25. The fraction of sp³-hybridized carbons (Fsp3) is 1.00. The largest absolute Gasteiger partial charge is 0.392 e. The van der Waals surface area contributed by atoms with Crippen LogP contribution in [-0.2, 0) is 0 Å². The van der Waals surface area contributed by atoms with E-state index >= 15 is 0 Å². The Bertz CT molecular complexity index is 83.6. The molecular formula is C9H21NO. The molecule has 0 fully saturated rings. The first kappa shape index (κ1) is 10.9. The standard InChI is InChI=1S/C9H21NO/c1-3-4-5-6-7-9(10)8(2)11/h8-9,11H,3-7,10H2,1-2H3/t8-,9+/m1/s1. The average molecular weight is 159 g/mol. The molecule has 0 rings (SSSR count). The Morgan fingerprint density at radius 2 is 1.91 bits per heavy atom. The number of unbranched alkanes of at least 4 members (excludes halogenated alkanes) is 3. The van der Waals surface area contributed by atoms with Crippen LogP contribution in [-0.4, -0.2) is 17.3 Å². The second kappa shape index (κ2) is 6.62. The Labute approximate surface area is 69.8 Å². The SMILES string of the molecule is CCCCCC[C@H](N)[C@@H](C)O. The Balaban J connectivity index is 3.10. The van der Waals surface area contributed by atoms with Gasteiger partial charge in [0.05, 0.1) is 6.10 Å². The highest BCUT2D eigenvalue weighted by Gasteiger charge is 2.07. The lowest BCUT2D eigenvalue weighted by Gasteiger charge is -2.13. The summed E-state index contributed by atoms with van der Waals surface area (Å²) < 4.78 is 0. The summed E-state index contributed by atoms with van der Waals surface area (Å²) in [5.41, 5.74) is 5.65. The van der Waals surface area contributed by atoms with Crippen molar-refractivity contribution in [3.63, 3.8) is 0 Å². The van der Waals surface area contributed by atoms with Gasteiger partial charge in [-0.25, -0.2) is 0 Å². The van der Waals surface area contributed by atoms with Crippen molar-refractivity contribution in [2.45, 2.75) is 58.1 Å². The summed E-state index contributed by atoms with van der Waals surface area (Å²) in [6.07, 6.45) is 5.54. The van der Waals surface area contributed by atoms with E-state index in [9.17, 15) is 0 Å². The third-order valence-corrected chi connectivity index (χ3v) is 2.01. The molecule has 2 nitrogen and oxygen atoms in total. The van der Waals surface area contributed by atoms with E-state index in [-0.39, 0.29) is 12.1 Å². The molecule has 0 bridgehead atoms. The van der Waals surface area contributed by atoms with Crippen molar-refractivity contribution in [1.82, 2.24) is 0 Å². The van der Waals surface area contributed by atoms with E-state index in [0.717, 1.165) is 12.8 Å². The zero-order valence-electron chi connectivity index (χ0n) is 7.71. The Hall–Kier alpha value is -0.0800. The molecule has 0 aliphatic heterocycles. The number of nitrogens with two attached hydrogens (primary N) is 1. The van der Waals surface area contributed by atoms with Crippen molar-refractivity contribution < 1.29 is 5.11 Å². The van der Waals surface area contributed by atoms with Gasteiger partial charge in [-0.2, -0.15) is 0 Å². The molecule has 2 heteroatoms. The Morgan fingerprint density at radius 1 is 1.27 bits per heavy atom. The quantitative estimate of drug-likeness (QED) is 0.579. The normalized spacial score (nSPS) is 16.4. The maximum absolute atomic E-state index is 9.05. The molecule has 2 atom stereocenters. The summed E-state index contributed by atoms with van der Waals surface area (Å²) in [7, 11) is 0. The van der Waals surface area contributed by atoms with Gasteiger partial charge in [0.15, 0.2) is 0 Å². The average Bonchev–Trinajstić information content (AvgIpc) is 1.97. The van der Waals surface area contributed by atoms with Crippen LogP contribution < -0.4 is 5.73 Å². The third-order valence-electron chi connectivity index (χ3n) is 2.01. The van der Waals surface area contributed by atoms with Crippen molar-refractivity contribution in [1.29, 1.82) is 0 Å². The van der Waals surface area contributed by atoms with Crippen LogP contribution in [0.1, 0.15) is 46.0 Å². The van der Waals surface area contributed by atoms with Gasteiger partial charge >= 0.3 is 0 Å². The van der Waals surface area contributed by atoms with Gasteiger partial charge in [-0.05, 0) is 13.3 Å². The molecule has 68 valence electrons. The predicted octanol–water partition coefficient (Wildman–Crippen LogP) is 1.66. The van der Waals surface area contributed by atoms with Crippen LogP contribution in [0.2, 0.25) is 0 Å². The molecule has 0 radical (unpaired) electrons. The van der Waals surface area contributed by atoms with Crippen LogP contribution in [0.25, 0.3) is 0 Å². The highest BCUT2D eigenvalue weighted by Crippen LogP contribution is 2.06. The van der Waals surface area contributed by atoms with Gasteiger partial charge in [-0.1, -0.05) is 32.6 Å². The van der Waals surface area contributed by atoms with E-state index in [2.05, 4.69) is 6.92 Å². The molecule has 0 spiro atoms. The van der Waals surface area contributed by atoms with E-state index in [1.54, 1.807) is 6.92 Å². The minimum absolute atomic E-state index is 0.0214. The molecule has 0 aromatic rings. The van der Waals surface area contributed by atoms with Gasteiger partial charge in [0, 0.05) is 6.04 Å². The molecule has 11 heavy (non-hydrogen) atoms. The summed E-state index contributed by atoms with van der Waals surface area (Å²) in [6.45, 7) is 3.94. The monoisotopic (exact) mass is 159 g/mol. The zero-order valence-corrected chi connectivity index (χ0v) is 7.71. The summed E-state index contributed by atoms with van der Waals surface area (Å²) in [5, 5.41) is 9.05. The number of aliphatic hydroxyl groups excluding tert-OH is 1. The van der Waals surface area contributed by atoms with Crippen molar-refractivity contribution in [3.05, 3.63) is 0 Å². The van der Waals surface area contributed by atoms with Crippen LogP contribution >= 0.6 is 0 Å². The minimum Gasteiger partial charge on any atom is -0.392 e. The van der Waals surface area contributed by atoms with E-state index in [4.69, 9.17) is 10.8 Å². The van der Waals surface area contributed by atoms with Crippen LogP contribution in [0.4, 0.5) is 0 Å². The topological polar surface area (TPSA) is 46.2 Å². The van der Waals surface area contributed by atoms with Crippen molar-refractivity contribution in [2.24, 2.45) is 5.73 Å². The maximum Gasteiger partial charge on any atom is 0.0662 e. The summed E-state index contributed by atoms with van der Waals surface area (Å²) in [6, 6.07) is -0.0214. The molecule has 0 aromatic carbocycles. The lowest BCUT2D eigenvalue weighted by atomic mass is 10.0. The molecule has 0 saturated carbocycles. The predicted molar refractivity (Wildman–Crippen MR) is 48.4 cm³/mol. The summed E-state index contributed by atoms with van der Waals surface area (Å²) in [5.74, 6) is 0. The lowest BCUT2D eigenvalue weighted by Crippen LogP contribution is -2.31. The zero-order chi connectivity index (χ0) is 8.69. The Kier molecular flexibility index (Phi) is 6.57. The first-order chi connectivity index (χ1) is 5.18. The highest BCUT2D eigenvalue weighted by atomic mass is 16.3. The maximum atomic E-state index is 9.05. The summed E-state index contributed by atoms with van der Waals surface area (Å²) >= 11 is 0. The van der Waals surface area contributed by atoms with E-state index in [1.165, 1.54) is 19.3 Å². The first-order valence-electron chi connectivity index (χ1n) is 4.62. The fourth-order valence-corrected chi connectivity index (χ4v) is 1.05. The van der Waals surface area contributed by atoms with Gasteiger partial charge in [0.25, 0.3) is 0 Å². The Morgan fingerprint density at radius 3 is 2.36 bits per heavy atom. The van der Waals surface area contributed by atoms with Crippen LogP contribution in [0.3, 0.4) is 0 Å². The van der Waals surface area contributed by atoms with E-state index < -0.39 is 0 Å². The second-order valence-corrected chi connectivity index (χ2v) is 3.25. The van der Waals surface area contributed by atoms with Crippen LogP contribution in [0, 0.1) is 0 Å². The fourth-order valence-electron chi connectivity index (χ4n) is 1.05. The lowest BCUT2D eigenvalue weighted by molar-refractivity contribution is 0.157. The molecule has 3 N–H and O–H groups in total. The molecule has 0 heterocycles. The van der Waals surface area contributed by atoms with Gasteiger partial charge < -0.3 is 10.8 Å². The van der Waals surface area contributed by atoms with Crippen LogP contribution in [0.15, 0.2) is 0 Å². The molecule has 0 aromatic heterocycles.